The fourth-order valence-electron chi connectivity index (χ4n) is 1.31. The highest BCUT2D eigenvalue weighted by Gasteiger charge is 2.34. The lowest BCUT2D eigenvalue weighted by Crippen LogP contribution is -2.07. The summed E-state index contributed by atoms with van der Waals surface area (Å²) in [7, 11) is 0. The van der Waals surface area contributed by atoms with Crippen molar-refractivity contribution in [2.24, 2.45) is 0 Å². The van der Waals surface area contributed by atoms with E-state index >= 15 is 0 Å². The number of alkyl halides is 3. The number of hydrogen-bond donors (Lipinski definition) is 1. The van der Waals surface area contributed by atoms with Crippen LogP contribution in [-0.2, 0) is 6.18 Å². The number of nitrogen functional groups attached to an aromatic ring is 1. The van der Waals surface area contributed by atoms with Crippen LogP contribution in [0.2, 0.25) is 0 Å². The Labute approximate surface area is 100 Å². The lowest BCUT2D eigenvalue weighted by Gasteiger charge is -2.12. The zero-order valence-corrected chi connectivity index (χ0v) is 8.98. The summed E-state index contributed by atoms with van der Waals surface area (Å²) in [4.78, 5) is 7.40. The van der Waals surface area contributed by atoms with E-state index in [4.69, 9.17) is 10.5 Å². The van der Waals surface area contributed by atoms with Gasteiger partial charge in [-0.1, -0.05) is 12.1 Å². The maximum absolute atomic E-state index is 12.7. The molecule has 2 N–H and O–H groups in total. The number of aromatic nitrogens is 2. The number of benzene rings is 1. The molecule has 2 rings (SSSR count). The van der Waals surface area contributed by atoms with Crippen molar-refractivity contribution < 1.29 is 17.9 Å². The first kappa shape index (κ1) is 12.2. The maximum Gasteiger partial charge on any atom is 0.419 e. The summed E-state index contributed by atoms with van der Waals surface area (Å²) in [6.45, 7) is 0. The molecule has 18 heavy (non-hydrogen) atoms. The number of rotatable bonds is 2. The van der Waals surface area contributed by atoms with Crippen molar-refractivity contribution in [3.63, 3.8) is 0 Å². The molecular formula is C11H8F3N3O. The number of hydrogen-bond acceptors (Lipinski definition) is 4. The van der Waals surface area contributed by atoms with Crippen molar-refractivity contribution in [3.8, 4) is 11.6 Å². The van der Waals surface area contributed by atoms with Crippen LogP contribution in [0.25, 0.3) is 0 Å². The summed E-state index contributed by atoms with van der Waals surface area (Å²) in [5.74, 6) is -0.367. The molecule has 1 aromatic carbocycles. The molecule has 0 aliphatic rings. The summed E-state index contributed by atoms with van der Waals surface area (Å²) < 4.78 is 43.1. The third-order valence-corrected chi connectivity index (χ3v) is 2.04. The van der Waals surface area contributed by atoms with E-state index < -0.39 is 11.7 Å². The van der Waals surface area contributed by atoms with Gasteiger partial charge in [0.15, 0.2) is 0 Å². The molecule has 0 saturated carbocycles. The lowest BCUT2D eigenvalue weighted by atomic mass is 10.2. The van der Waals surface area contributed by atoms with Crippen LogP contribution >= 0.6 is 0 Å². The molecular weight excluding hydrogens is 247 g/mol. The van der Waals surface area contributed by atoms with E-state index in [1.165, 1.54) is 30.6 Å². The summed E-state index contributed by atoms with van der Waals surface area (Å²) in [5, 5.41) is 0. The van der Waals surface area contributed by atoms with E-state index in [2.05, 4.69) is 9.97 Å². The van der Waals surface area contributed by atoms with E-state index in [0.717, 1.165) is 6.07 Å². The molecule has 0 saturated heterocycles. The maximum atomic E-state index is 12.7. The predicted molar refractivity (Wildman–Crippen MR) is 58.0 cm³/mol. The van der Waals surface area contributed by atoms with Gasteiger partial charge in [-0.3, -0.25) is 4.98 Å². The summed E-state index contributed by atoms with van der Waals surface area (Å²) >= 11 is 0. The van der Waals surface area contributed by atoms with Crippen molar-refractivity contribution in [3.05, 3.63) is 42.2 Å². The molecule has 0 atom stereocenters. The molecule has 0 fully saturated rings. The van der Waals surface area contributed by atoms with Gasteiger partial charge in [-0.15, -0.1) is 0 Å². The minimum atomic E-state index is -4.50. The Kier molecular flexibility index (Phi) is 3.05. The van der Waals surface area contributed by atoms with E-state index in [9.17, 15) is 13.2 Å². The zero-order valence-electron chi connectivity index (χ0n) is 8.98. The van der Waals surface area contributed by atoms with Crippen LogP contribution in [0, 0.1) is 0 Å². The Bertz CT molecular complexity index is 557. The van der Waals surface area contributed by atoms with E-state index in [0.29, 0.717) is 0 Å². The van der Waals surface area contributed by atoms with Gasteiger partial charge in [-0.05, 0) is 12.1 Å². The van der Waals surface area contributed by atoms with Gasteiger partial charge in [0.05, 0.1) is 18.0 Å². The zero-order chi connectivity index (χ0) is 13.2. The molecule has 0 spiro atoms. The van der Waals surface area contributed by atoms with Crippen LogP contribution in [0.15, 0.2) is 36.7 Å². The van der Waals surface area contributed by atoms with Crippen LogP contribution < -0.4 is 10.5 Å². The van der Waals surface area contributed by atoms with E-state index in [1.807, 2.05) is 0 Å². The van der Waals surface area contributed by atoms with Crippen molar-refractivity contribution in [1.29, 1.82) is 0 Å². The molecule has 2 aromatic rings. The highest BCUT2D eigenvalue weighted by Crippen LogP contribution is 2.37. The Morgan fingerprint density at radius 2 is 1.83 bits per heavy atom. The van der Waals surface area contributed by atoms with Gasteiger partial charge >= 0.3 is 6.18 Å². The second-order valence-corrected chi connectivity index (χ2v) is 3.38. The van der Waals surface area contributed by atoms with Gasteiger partial charge in [0.25, 0.3) is 0 Å². The van der Waals surface area contributed by atoms with Gasteiger partial charge in [0.1, 0.15) is 11.6 Å². The predicted octanol–water partition coefficient (Wildman–Crippen LogP) is 2.87. The fourth-order valence-corrected chi connectivity index (χ4v) is 1.31. The van der Waals surface area contributed by atoms with Gasteiger partial charge in [-0.25, -0.2) is 0 Å². The molecule has 0 unspecified atom stereocenters. The number of ether oxygens (including phenoxy) is 1. The third kappa shape index (κ3) is 2.68. The minimum Gasteiger partial charge on any atom is -0.437 e. The van der Waals surface area contributed by atoms with Gasteiger partial charge < -0.3 is 10.5 Å². The number of nitrogens with zero attached hydrogens (tertiary/aromatic N) is 2. The SMILES string of the molecule is Nc1cncc(Oc2ccccc2C(F)(F)F)n1. The van der Waals surface area contributed by atoms with Gasteiger partial charge in [0, 0.05) is 0 Å². The Morgan fingerprint density at radius 1 is 1.11 bits per heavy atom. The summed E-state index contributed by atoms with van der Waals surface area (Å²) in [6, 6.07) is 4.84. The average Bonchev–Trinajstić information content (AvgIpc) is 2.28. The monoisotopic (exact) mass is 255 g/mol. The van der Waals surface area contributed by atoms with Crippen molar-refractivity contribution in [2.75, 3.05) is 5.73 Å². The number of anilines is 1. The molecule has 0 amide bonds. The van der Waals surface area contributed by atoms with Crippen LogP contribution in [0.5, 0.6) is 11.6 Å². The normalized spacial score (nSPS) is 11.3. The van der Waals surface area contributed by atoms with E-state index in [-0.39, 0.29) is 17.4 Å². The number of halogens is 3. The van der Waals surface area contributed by atoms with Crippen LogP contribution in [0.3, 0.4) is 0 Å². The van der Waals surface area contributed by atoms with Crippen LogP contribution in [0.4, 0.5) is 19.0 Å². The molecule has 7 heteroatoms. The van der Waals surface area contributed by atoms with Crippen molar-refractivity contribution in [1.82, 2.24) is 9.97 Å². The van der Waals surface area contributed by atoms with Gasteiger partial charge in [0.2, 0.25) is 5.88 Å². The molecule has 1 aromatic heterocycles. The Hall–Kier alpha value is -2.31. The smallest absolute Gasteiger partial charge is 0.419 e. The highest BCUT2D eigenvalue weighted by atomic mass is 19.4. The second-order valence-electron chi connectivity index (χ2n) is 3.38. The van der Waals surface area contributed by atoms with Crippen molar-refractivity contribution in [2.45, 2.75) is 6.18 Å². The first-order valence-corrected chi connectivity index (χ1v) is 4.88. The topological polar surface area (TPSA) is 61.0 Å². The lowest BCUT2D eigenvalue weighted by molar-refractivity contribution is -0.138. The summed E-state index contributed by atoms with van der Waals surface area (Å²) in [5.41, 5.74) is 4.48. The molecule has 0 aliphatic heterocycles. The standard InChI is InChI=1S/C11H8F3N3O/c12-11(13,14)7-3-1-2-4-8(7)18-10-6-16-5-9(15)17-10/h1-6H,(H2,15,17). The fraction of sp³-hybridized carbons (Fsp3) is 0.0909. The number of nitrogens with two attached hydrogens (primary N) is 1. The first-order valence-electron chi connectivity index (χ1n) is 4.88. The van der Waals surface area contributed by atoms with Crippen LogP contribution in [0.1, 0.15) is 5.56 Å². The molecule has 4 nitrogen and oxygen atoms in total. The minimum absolute atomic E-state index is 0.0667. The Morgan fingerprint density at radius 3 is 2.50 bits per heavy atom. The quantitative estimate of drug-likeness (QED) is 0.896. The number of para-hydroxylation sites is 1. The van der Waals surface area contributed by atoms with E-state index in [1.54, 1.807) is 0 Å². The molecule has 1 heterocycles. The molecule has 0 bridgehead atoms. The Balaban J connectivity index is 2.35. The highest BCUT2D eigenvalue weighted by molar-refractivity contribution is 5.38. The van der Waals surface area contributed by atoms with Gasteiger partial charge in [-0.2, -0.15) is 18.2 Å². The molecule has 0 radical (unpaired) electrons. The molecule has 94 valence electrons. The molecule has 0 aliphatic carbocycles. The summed E-state index contributed by atoms with van der Waals surface area (Å²) in [6.07, 6.45) is -2.05. The van der Waals surface area contributed by atoms with Crippen molar-refractivity contribution >= 4 is 5.82 Å². The third-order valence-electron chi connectivity index (χ3n) is 2.04. The first-order chi connectivity index (χ1) is 8.47. The second kappa shape index (κ2) is 4.52. The average molecular weight is 255 g/mol. The largest absolute Gasteiger partial charge is 0.437 e. The van der Waals surface area contributed by atoms with Crippen LogP contribution in [-0.4, -0.2) is 9.97 Å².